The topological polar surface area (TPSA) is 49.4 Å². The van der Waals surface area contributed by atoms with E-state index < -0.39 is 0 Å². The van der Waals surface area contributed by atoms with Crippen LogP contribution in [0.15, 0.2) is 166 Å². The van der Waals surface area contributed by atoms with Crippen LogP contribution in [0.25, 0.3) is 43.4 Å². The molecule has 0 spiro atoms. The monoisotopic (exact) mass is 512 g/mol. The minimum Gasteiger partial charge on any atom is -0.151 e. The Bertz CT molecular complexity index is 2050. The van der Waals surface area contributed by atoms with Crippen LogP contribution in [0.1, 0.15) is 0 Å². The van der Waals surface area contributed by atoms with Gasteiger partial charge >= 0.3 is 0 Å². The van der Waals surface area contributed by atoms with E-state index in [0.29, 0.717) is 0 Å². The molecule has 0 unspecified atom stereocenters. The van der Waals surface area contributed by atoms with Crippen LogP contribution in [-0.4, -0.2) is 0 Å². The van der Waals surface area contributed by atoms with Gasteiger partial charge in [0.15, 0.2) is 0 Å². The molecule has 7 aromatic carbocycles. The maximum Gasteiger partial charge on any atom is 0.104 e. The molecule has 0 heterocycles. The predicted octanol–water partition coefficient (Wildman–Crippen LogP) is 11.6. The summed E-state index contributed by atoms with van der Waals surface area (Å²) in [6, 6.07) is 49.2. The third-order valence-corrected chi connectivity index (χ3v) is 7.11. The van der Waals surface area contributed by atoms with Crippen molar-refractivity contribution in [3.05, 3.63) is 146 Å². The lowest BCUT2D eigenvalue weighted by molar-refractivity contribution is 1.22. The molecule has 7 aromatic rings. The lowest BCUT2D eigenvalue weighted by atomic mass is 9.93. The minimum atomic E-state index is 0.741. The number of fused-ring (bicyclic) bond motifs is 3. The molecule has 7 rings (SSSR count). The second kappa shape index (κ2) is 10.4. The summed E-state index contributed by atoms with van der Waals surface area (Å²) < 4.78 is 0. The Labute approximate surface area is 232 Å². The van der Waals surface area contributed by atoms with Gasteiger partial charge in [0.2, 0.25) is 0 Å². The maximum atomic E-state index is 4.98. The molecular formula is C36H24N4. The van der Waals surface area contributed by atoms with E-state index in [1.165, 1.54) is 0 Å². The molecule has 0 aliphatic heterocycles. The lowest BCUT2D eigenvalue weighted by Gasteiger charge is -2.14. The summed E-state index contributed by atoms with van der Waals surface area (Å²) in [6.45, 7) is 0. The third-order valence-electron chi connectivity index (χ3n) is 7.11. The van der Waals surface area contributed by atoms with E-state index in [4.69, 9.17) is 15.3 Å². The van der Waals surface area contributed by atoms with Crippen LogP contribution in [0.4, 0.5) is 22.7 Å². The molecule has 0 fully saturated rings. The number of benzene rings is 7. The maximum absolute atomic E-state index is 4.98. The summed E-state index contributed by atoms with van der Waals surface area (Å²) >= 11 is 0. The van der Waals surface area contributed by atoms with Gasteiger partial charge in [-0.3, -0.25) is 0 Å². The molecule has 0 N–H and O–H groups in total. The molecule has 0 saturated carbocycles. The first-order chi connectivity index (χ1) is 19.8. The van der Waals surface area contributed by atoms with Gasteiger partial charge in [0.25, 0.3) is 0 Å². The van der Waals surface area contributed by atoms with Crippen molar-refractivity contribution >= 4 is 55.1 Å². The zero-order valence-corrected chi connectivity index (χ0v) is 21.6. The van der Waals surface area contributed by atoms with Gasteiger partial charge in [-0.05, 0) is 51.4 Å². The van der Waals surface area contributed by atoms with Crippen molar-refractivity contribution < 1.29 is 0 Å². The van der Waals surface area contributed by atoms with Gasteiger partial charge < -0.3 is 0 Å². The summed E-state index contributed by atoms with van der Waals surface area (Å²) in [7, 11) is 0. The molecule has 40 heavy (non-hydrogen) atoms. The summed E-state index contributed by atoms with van der Waals surface area (Å²) in [4.78, 5) is 0. The van der Waals surface area contributed by atoms with Crippen molar-refractivity contribution in [3.8, 4) is 11.1 Å². The van der Waals surface area contributed by atoms with Gasteiger partial charge in [-0.1, -0.05) is 121 Å². The second-order valence-electron chi connectivity index (χ2n) is 9.60. The Balaban J connectivity index is 1.53. The molecule has 0 bridgehead atoms. The van der Waals surface area contributed by atoms with E-state index >= 15 is 0 Å². The SMILES string of the molecule is c1ccc(N=Nc2cc3ccccc3c(N=Nc3cccc4ccccc34)c2-c2cccc3ccccc23)cc1. The molecule has 0 radical (unpaired) electrons. The van der Waals surface area contributed by atoms with Crippen molar-refractivity contribution in [2.45, 2.75) is 0 Å². The smallest absolute Gasteiger partial charge is 0.104 e. The summed E-state index contributed by atoms with van der Waals surface area (Å²) in [6.07, 6.45) is 0. The normalized spacial score (nSPS) is 11.8. The minimum absolute atomic E-state index is 0.741. The highest BCUT2D eigenvalue weighted by atomic mass is 15.1. The zero-order chi connectivity index (χ0) is 26.7. The molecule has 188 valence electrons. The van der Waals surface area contributed by atoms with Gasteiger partial charge in [0, 0.05) is 16.3 Å². The van der Waals surface area contributed by atoms with Gasteiger partial charge in [0.1, 0.15) is 5.69 Å². The average molecular weight is 513 g/mol. The summed E-state index contributed by atoms with van der Waals surface area (Å²) in [5, 5.41) is 25.7. The Morgan fingerprint density at radius 2 is 0.925 bits per heavy atom. The largest absolute Gasteiger partial charge is 0.151 e. The van der Waals surface area contributed by atoms with Crippen LogP contribution >= 0.6 is 0 Å². The summed E-state index contributed by atoms with van der Waals surface area (Å²) in [5.74, 6) is 0. The van der Waals surface area contributed by atoms with Crippen molar-refractivity contribution in [3.63, 3.8) is 0 Å². The van der Waals surface area contributed by atoms with Crippen LogP contribution in [0.3, 0.4) is 0 Å². The number of azo groups is 2. The molecule has 0 aliphatic carbocycles. The molecular weight excluding hydrogens is 488 g/mol. The predicted molar refractivity (Wildman–Crippen MR) is 166 cm³/mol. The standard InChI is InChI=1S/C36H24N4/c1-2-17-28(18-3-1)37-39-34-24-27-14-6-9-21-31(27)36(35(34)32-22-10-15-25-12-4-7-19-29(25)32)40-38-33-23-11-16-26-13-5-8-20-30(26)33/h1-24H. The Hall–Kier alpha value is -5.48. The Morgan fingerprint density at radius 1 is 0.350 bits per heavy atom. The van der Waals surface area contributed by atoms with Crippen LogP contribution in [-0.2, 0) is 0 Å². The molecule has 0 aromatic heterocycles. The molecule has 4 heteroatoms. The van der Waals surface area contributed by atoms with Crippen LogP contribution in [0.2, 0.25) is 0 Å². The van der Waals surface area contributed by atoms with Crippen molar-refractivity contribution in [1.82, 2.24) is 0 Å². The van der Waals surface area contributed by atoms with Gasteiger partial charge in [0.05, 0.1) is 17.1 Å². The van der Waals surface area contributed by atoms with Crippen molar-refractivity contribution in [2.24, 2.45) is 20.5 Å². The Kier molecular flexibility index (Phi) is 6.11. The quantitative estimate of drug-likeness (QED) is 0.206. The van der Waals surface area contributed by atoms with E-state index in [1.807, 2.05) is 66.7 Å². The fraction of sp³-hybridized carbons (Fsp3) is 0. The molecule has 4 nitrogen and oxygen atoms in total. The number of hydrogen-bond acceptors (Lipinski definition) is 4. The highest BCUT2D eigenvalue weighted by Crippen LogP contribution is 2.47. The van der Waals surface area contributed by atoms with E-state index in [2.05, 4.69) is 84.0 Å². The van der Waals surface area contributed by atoms with Crippen molar-refractivity contribution in [1.29, 1.82) is 0 Å². The second-order valence-corrected chi connectivity index (χ2v) is 9.60. The zero-order valence-electron chi connectivity index (χ0n) is 21.6. The van der Waals surface area contributed by atoms with E-state index in [-0.39, 0.29) is 0 Å². The van der Waals surface area contributed by atoms with E-state index in [1.54, 1.807) is 0 Å². The fourth-order valence-corrected chi connectivity index (χ4v) is 5.21. The number of nitrogens with zero attached hydrogens (tertiary/aromatic N) is 4. The van der Waals surface area contributed by atoms with E-state index in [9.17, 15) is 0 Å². The summed E-state index contributed by atoms with van der Waals surface area (Å²) in [5.41, 5.74) is 5.06. The highest BCUT2D eigenvalue weighted by molar-refractivity contribution is 6.10. The fourth-order valence-electron chi connectivity index (χ4n) is 5.21. The third kappa shape index (κ3) is 4.42. The Morgan fingerprint density at radius 3 is 1.73 bits per heavy atom. The molecule has 0 amide bonds. The molecule has 0 aliphatic rings. The first-order valence-electron chi connectivity index (χ1n) is 13.3. The van der Waals surface area contributed by atoms with Crippen molar-refractivity contribution in [2.75, 3.05) is 0 Å². The van der Waals surface area contributed by atoms with Crippen LogP contribution in [0, 0.1) is 0 Å². The van der Waals surface area contributed by atoms with E-state index in [0.717, 1.165) is 66.2 Å². The van der Waals surface area contributed by atoms with Gasteiger partial charge in [-0.25, -0.2) is 0 Å². The average Bonchev–Trinajstić information content (AvgIpc) is 3.02. The molecule has 0 atom stereocenters. The molecule has 0 saturated heterocycles. The van der Waals surface area contributed by atoms with Gasteiger partial charge in [-0.2, -0.15) is 5.11 Å². The first kappa shape index (κ1) is 23.6. The highest BCUT2D eigenvalue weighted by Gasteiger charge is 2.18. The number of rotatable bonds is 5. The van der Waals surface area contributed by atoms with Crippen LogP contribution in [0.5, 0.6) is 0 Å². The number of hydrogen-bond donors (Lipinski definition) is 0. The van der Waals surface area contributed by atoms with Crippen LogP contribution < -0.4 is 0 Å². The first-order valence-corrected chi connectivity index (χ1v) is 13.3. The lowest BCUT2D eigenvalue weighted by Crippen LogP contribution is -1.86. The van der Waals surface area contributed by atoms with Gasteiger partial charge in [-0.15, -0.1) is 15.3 Å².